The summed E-state index contributed by atoms with van der Waals surface area (Å²) in [7, 11) is 0. The number of urea groups is 1. The van der Waals surface area contributed by atoms with Crippen LogP contribution < -0.4 is 15.4 Å². The number of carbonyl (C=O) groups excluding carboxylic acids is 3. The Morgan fingerprint density at radius 3 is 2.59 bits per heavy atom. The Morgan fingerprint density at radius 1 is 1.19 bits per heavy atom. The topological polar surface area (TPSA) is 91.0 Å². The van der Waals surface area contributed by atoms with E-state index in [9.17, 15) is 14.4 Å². The molecular formula is C19H26N4O4. The van der Waals surface area contributed by atoms with Gasteiger partial charge in [0.1, 0.15) is 5.75 Å². The monoisotopic (exact) mass is 374 g/mol. The number of anilines is 1. The molecule has 0 spiro atoms. The van der Waals surface area contributed by atoms with Gasteiger partial charge in [0.2, 0.25) is 11.8 Å². The second-order valence-electron chi connectivity index (χ2n) is 7.13. The van der Waals surface area contributed by atoms with Crippen LogP contribution >= 0.6 is 0 Å². The number of hydrogen-bond donors (Lipinski definition) is 2. The van der Waals surface area contributed by atoms with Crippen LogP contribution in [0, 0.1) is 0 Å². The molecule has 1 fully saturated rings. The summed E-state index contributed by atoms with van der Waals surface area (Å²) >= 11 is 0. The number of hydrogen-bond acceptors (Lipinski definition) is 4. The average Bonchev–Trinajstić information content (AvgIpc) is 2.81. The zero-order chi connectivity index (χ0) is 19.4. The minimum Gasteiger partial charge on any atom is -0.491 e. The van der Waals surface area contributed by atoms with Crippen LogP contribution in [0.2, 0.25) is 0 Å². The van der Waals surface area contributed by atoms with Gasteiger partial charge in [0.05, 0.1) is 25.1 Å². The second-order valence-corrected chi connectivity index (χ2v) is 7.13. The van der Waals surface area contributed by atoms with E-state index in [4.69, 9.17) is 4.74 Å². The fourth-order valence-electron chi connectivity index (χ4n) is 3.16. The lowest BCUT2D eigenvalue weighted by Gasteiger charge is -2.35. The predicted molar refractivity (Wildman–Crippen MR) is 101 cm³/mol. The molecule has 0 radical (unpaired) electrons. The number of fused-ring (bicyclic) bond motifs is 1. The molecule has 2 aliphatic heterocycles. The first-order chi connectivity index (χ1) is 12.9. The zero-order valence-electron chi connectivity index (χ0n) is 15.8. The van der Waals surface area contributed by atoms with Gasteiger partial charge in [-0.05, 0) is 31.5 Å². The standard InChI is InChI=1S/C19H26N4O4/c1-13(2)20-19(26)23-8-6-22(7-9-23)18(25)12-14-3-4-16-15(11-14)21-17(24)5-10-27-16/h3-4,11,13H,5-10,12H2,1-2H3,(H,20,26)(H,21,24). The Bertz CT molecular complexity index is 726. The molecule has 0 bridgehead atoms. The van der Waals surface area contributed by atoms with E-state index in [0.717, 1.165) is 5.56 Å². The molecule has 0 atom stereocenters. The summed E-state index contributed by atoms with van der Waals surface area (Å²) in [6.45, 7) is 6.30. The van der Waals surface area contributed by atoms with Crippen molar-refractivity contribution in [3.05, 3.63) is 23.8 Å². The third-order valence-corrected chi connectivity index (χ3v) is 4.59. The number of benzene rings is 1. The number of nitrogens with zero attached hydrogens (tertiary/aromatic N) is 2. The summed E-state index contributed by atoms with van der Waals surface area (Å²) in [5, 5.41) is 5.68. The van der Waals surface area contributed by atoms with Crippen LogP contribution in [-0.2, 0) is 16.0 Å². The smallest absolute Gasteiger partial charge is 0.317 e. The molecule has 0 unspecified atom stereocenters. The van der Waals surface area contributed by atoms with Crippen molar-refractivity contribution < 1.29 is 19.1 Å². The van der Waals surface area contributed by atoms with E-state index < -0.39 is 0 Å². The van der Waals surface area contributed by atoms with Crippen molar-refractivity contribution in [2.45, 2.75) is 32.7 Å². The summed E-state index contributed by atoms with van der Waals surface area (Å²) in [5.41, 5.74) is 1.43. The highest BCUT2D eigenvalue weighted by Crippen LogP contribution is 2.28. The van der Waals surface area contributed by atoms with Crippen LogP contribution in [0.5, 0.6) is 5.75 Å². The number of rotatable bonds is 3. The largest absolute Gasteiger partial charge is 0.491 e. The fourth-order valence-corrected chi connectivity index (χ4v) is 3.16. The molecule has 2 N–H and O–H groups in total. The Kier molecular flexibility index (Phi) is 5.83. The lowest BCUT2D eigenvalue weighted by molar-refractivity contribution is -0.131. The van der Waals surface area contributed by atoms with Gasteiger partial charge in [0.15, 0.2) is 0 Å². The van der Waals surface area contributed by atoms with Crippen molar-refractivity contribution >= 4 is 23.5 Å². The van der Waals surface area contributed by atoms with E-state index in [2.05, 4.69) is 10.6 Å². The van der Waals surface area contributed by atoms with Gasteiger partial charge in [-0.1, -0.05) is 6.07 Å². The SMILES string of the molecule is CC(C)NC(=O)N1CCN(C(=O)Cc2ccc3c(c2)NC(=O)CCO3)CC1. The molecule has 8 nitrogen and oxygen atoms in total. The number of carbonyl (C=O) groups is 3. The molecule has 0 saturated carbocycles. The van der Waals surface area contributed by atoms with E-state index >= 15 is 0 Å². The minimum atomic E-state index is -0.0898. The van der Waals surface area contributed by atoms with Crippen molar-refractivity contribution in [3.63, 3.8) is 0 Å². The highest BCUT2D eigenvalue weighted by molar-refractivity contribution is 5.93. The summed E-state index contributed by atoms with van der Waals surface area (Å²) in [4.78, 5) is 39.8. The number of amides is 4. The normalized spacial score (nSPS) is 16.9. The Hall–Kier alpha value is -2.77. The van der Waals surface area contributed by atoms with Gasteiger partial charge in [-0.2, -0.15) is 0 Å². The van der Waals surface area contributed by atoms with Gasteiger partial charge in [-0.3, -0.25) is 9.59 Å². The van der Waals surface area contributed by atoms with E-state index in [1.54, 1.807) is 21.9 Å². The van der Waals surface area contributed by atoms with Gasteiger partial charge >= 0.3 is 6.03 Å². The van der Waals surface area contributed by atoms with E-state index in [1.807, 2.05) is 19.9 Å². The highest BCUT2D eigenvalue weighted by atomic mass is 16.5. The first-order valence-electron chi connectivity index (χ1n) is 9.31. The molecule has 2 heterocycles. The van der Waals surface area contributed by atoms with Crippen LogP contribution in [0.25, 0.3) is 0 Å². The highest BCUT2D eigenvalue weighted by Gasteiger charge is 2.24. The zero-order valence-corrected chi connectivity index (χ0v) is 15.8. The van der Waals surface area contributed by atoms with Crippen molar-refractivity contribution in [2.75, 3.05) is 38.1 Å². The molecule has 8 heteroatoms. The Labute approximate surface area is 158 Å². The van der Waals surface area contributed by atoms with Crippen LogP contribution in [0.4, 0.5) is 10.5 Å². The third-order valence-electron chi connectivity index (χ3n) is 4.59. The molecule has 2 aliphatic rings. The average molecular weight is 374 g/mol. The molecule has 0 aromatic heterocycles. The Morgan fingerprint density at radius 2 is 1.89 bits per heavy atom. The summed E-state index contributed by atoms with van der Waals surface area (Å²) in [5.74, 6) is 0.551. The maximum atomic E-state index is 12.6. The van der Waals surface area contributed by atoms with Crippen LogP contribution in [0.1, 0.15) is 25.8 Å². The quantitative estimate of drug-likeness (QED) is 0.832. The molecular weight excluding hydrogens is 348 g/mol. The molecule has 146 valence electrons. The molecule has 0 aliphatic carbocycles. The molecule has 4 amide bonds. The Balaban J connectivity index is 1.56. The first kappa shape index (κ1) is 19.0. The van der Waals surface area contributed by atoms with E-state index in [1.165, 1.54) is 0 Å². The molecule has 27 heavy (non-hydrogen) atoms. The first-order valence-corrected chi connectivity index (χ1v) is 9.31. The molecule has 1 aromatic carbocycles. The maximum absolute atomic E-state index is 12.6. The van der Waals surface area contributed by atoms with Crippen LogP contribution in [-0.4, -0.2) is 66.5 Å². The van der Waals surface area contributed by atoms with Crippen molar-refractivity contribution in [2.24, 2.45) is 0 Å². The van der Waals surface area contributed by atoms with Crippen LogP contribution in [0.15, 0.2) is 18.2 Å². The summed E-state index contributed by atoms with van der Waals surface area (Å²) in [6.07, 6.45) is 0.568. The van der Waals surface area contributed by atoms with Crippen molar-refractivity contribution in [1.29, 1.82) is 0 Å². The van der Waals surface area contributed by atoms with Crippen molar-refractivity contribution in [3.8, 4) is 5.75 Å². The summed E-state index contributed by atoms with van der Waals surface area (Å²) < 4.78 is 5.53. The third kappa shape index (κ3) is 4.90. The van der Waals surface area contributed by atoms with Crippen LogP contribution in [0.3, 0.4) is 0 Å². The predicted octanol–water partition coefficient (Wildman–Crippen LogP) is 1.21. The lowest BCUT2D eigenvalue weighted by atomic mass is 10.1. The van der Waals surface area contributed by atoms with Crippen molar-refractivity contribution in [1.82, 2.24) is 15.1 Å². The van der Waals surface area contributed by atoms with E-state index in [-0.39, 0.29) is 30.3 Å². The minimum absolute atomic E-state index is 0.0136. The van der Waals surface area contributed by atoms with Gasteiger partial charge in [-0.15, -0.1) is 0 Å². The molecule has 1 aromatic rings. The van der Waals surface area contributed by atoms with Gasteiger partial charge in [0.25, 0.3) is 0 Å². The van der Waals surface area contributed by atoms with E-state index in [0.29, 0.717) is 50.6 Å². The maximum Gasteiger partial charge on any atom is 0.317 e. The number of piperazine rings is 1. The number of nitrogens with one attached hydrogen (secondary N) is 2. The van der Waals surface area contributed by atoms with Gasteiger partial charge < -0.3 is 25.2 Å². The molecule has 1 saturated heterocycles. The number of ether oxygens (including phenoxy) is 1. The van der Waals surface area contributed by atoms with Gasteiger partial charge in [-0.25, -0.2) is 4.79 Å². The summed E-state index contributed by atoms with van der Waals surface area (Å²) in [6, 6.07) is 5.44. The lowest BCUT2D eigenvalue weighted by Crippen LogP contribution is -2.54. The van der Waals surface area contributed by atoms with Gasteiger partial charge in [0, 0.05) is 32.2 Å². The molecule has 3 rings (SSSR count). The second kappa shape index (κ2) is 8.28. The fraction of sp³-hybridized carbons (Fsp3) is 0.526.